The van der Waals surface area contributed by atoms with Crippen LogP contribution in [0.5, 0.6) is 5.75 Å². The van der Waals surface area contributed by atoms with Crippen LogP contribution >= 0.6 is 0 Å². The Morgan fingerprint density at radius 2 is 1.96 bits per heavy atom. The van der Waals surface area contributed by atoms with Crippen LogP contribution in [-0.4, -0.2) is 44.1 Å². The predicted molar refractivity (Wildman–Crippen MR) is 84.3 cm³/mol. The number of methoxy groups -OCH3 is 1. The van der Waals surface area contributed by atoms with Crippen molar-refractivity contribution >= 4 is 17.8 Å². The first kappa shape index (κ1) is 18.5. The Morgan fingerprint density at radius 3 is 2.57 bits per heavy atom. The zero-order chi connectivity index (χ0) is 17.4. The van der Waals surface area contributed by atoms with Crippen molar-refractivity contribution in [3.8, 4) is 5.75 Å². The normalized spacial score (nSPS) is 11.3. The Bertz CT molecular complexity index is 586. The third-order valence-electron chi connectivity index (χ3n) is 3.10. The van der Waals surface area contributed by atoms with Crippen LogP contribution in [0.4, 0.5) is 0 Å². The van der Waals surface area contributed by atoms with E-state index in [-0.39, 0.29) is 11.5 Å². The number of amides is 2. The standard InChI is InChI=1S/C16H22N2O5/c1-5-17-15(20)11(3)18-14(19)9-23-16(21)12-7-6-10(2)13(8-12)22-4/h6-8,11H,5,9H2,1-4H3,(H,17,20)(H,18,19)/t11-/m1/s1. The summed E-state index contributed by atoms with van der Waals surface area (Å²) in [6, 6.07) is 4.18. The van der Waals surface area contributed by atoms with E-state index in [0.29, 0.717) is 12.3 Å². The fourth-order valence-electron chi connectivity index (χ4n) is 1.84. The molecule has 0 radical (unpaired) electrons. The molecule has 0 saturated heterocycles. The molecule has 1 rings (SSSR count). The molecular formula is C16H22N2O5. The number of hydrogen-bond donors (Lipinski definition) is 2. The summed E-state index contributed by atoms with van der Waals surface area (Å²) in [5.74, 6) is -0.912. The second-order valence-electron chi connectivity index (χ2n) is 4.94. The molecule has 2 amide bonds. The minimum Gasteiger partial charge on any atom is -0.496 e. The van der Waals surface area contributed by atoms with Crippen LogP contribution < -0.4 is 15.4 Å². The van der Waals surface area contributed by atoms with Crippen LogP contribution in [0.1, 0.15) is 29.8 Å². The molecule has 0 aromatic heterocycles. The molecule has 0 fully saturated rings. The number of carbonyl (C=O) groups excluding carboxylic acids is 3. The average molecular weight is 322 g/mol. The number of ether oxygens (including phenoxy) is 2. The fourth-order valence-corrected chi connectivity index (χ4v) is 1.84. The Kier molecular flexibility index (Phi) is 7.05. The molecule has 1 aromatic carbocycles. The van der Waals surface area contributed by atoms with Crippen molar-refractivity contribution in [3.63, 3.8) is 0 Å². The first-order valence-corrected chi connectivity index (χ1v) is 7.27. The van der Waals surface area contributed by atoms with Gasteiger partial charge >= 0.3 is 5.97 Å². The van der Waals surface area contributed by atoms with E-state index >= 15 is 0 Å². The molecule has 7 nitrogen and oxygen atoms in total. The number of likely N-dealkylation sites (N-methyl/N-ethyl adjacent to an activating group) is 1. The maximum atomic E-state index is 11.9. The van der Waals surface area contributed by atoms with E-state index in [2.05, 4.69) is 10.6 Å². The predicted octanol–water partition coefficient (Wildman–Crippen LogP) is 0.801. The molecule has 0 saturated carbocycles. The zero-order valence-electron chi connectivity index (χ0n) is 13.8. The van der Waals surface area contributed by atoms with Gasteiger partial charge in [-0.05, 0) is 38.5 Å². The highest BCUT2D eigenvalue weighted by molar-refractivity contribution is 5.92. The van der Waals surface area contributed by atoms with Gasteiger partial charge in [-0.3, -0.25) is 9.59 Å². The topological polar surface area (TPSA) is 93.7 Å². The fraction of sp³-hybridized carbons (Fsp3) is 0.438. The third-order valence-corrected chi connectivity index (χ3v) is 3.10. The zero-order valence-corrected chi connectivity index (χ0v) is 13.8. The summed E-state index contributed by atoms with van der Waals surface area (Å²) >= 11 is 0. The lowest BCUT2D eigenvalue weighted by Crippen LogP contribution is -2.46. The highest BCUT2D eigenvalue weighted by atomic mass is 16.5. The number of rotatable bonds is 7. The van der Waals surface area contributed by atoms with Crippen molar-refractivity contribution in [2.24, 2.45) is 0 Å². The van der Waals surface area contributed by atoms with Gasteiger partial charge in [0.2, 0.25) is 5.91 Å². The van der Waals surface area contributed by atoms with Gasteiger partial charge < -0.3 is 20.1 Å². The number of hydrogen-bond acceptors (Lipinski definition) is 5. The molecule has 0 spiro atoms. The van der Waals surface area contributed by atoms with E-state index in [0.717, 1.165) is 5.56 Å². The number of nitrogens with one attached hydrogen (secondary N) is 2. The Labute approximate surface area is 135 Å². The molecule has 126 valence electrons. The maximum absolute atomic E-state index is 11.9. The molecule has 7 heteroatoms. The minimum absolute atomic E-state index is 0.289. The van der Waals surface area contributed by atoms with Gasteiger partial charge in [-0.1, -0.05) is 6.07 Å². The highest BCUT2D eigenvalue weighted by Gasteiger charge is 2.16. The first-order valence-electron chi connectivity index (χ1n) is 7.27. The summed E-state index contributed by atoms with van der Waals surface area (Å²) in [6.45, 7) is 5.20. The van der Waals surface area contributed by atoms with Gasteiger partial charge in [0.1, 0.15) is 11.8 Å². The van der Waals surface area contributed by atoms with Gasteiger partial charge in [0.05, 0.1) is 12.7 Å². The lowest BCUT2D eigenvalue weighted by atomic mass is 10.1. The van der Waals surface area contributed by atoms with Crippen LogP contribution in [0.3, 0.4) is 0 Å². The molecule has 0 aliphatic heterocycles. The van der Waals surface area contributed by atoms with Crippen molar-refractivity contribution in [2.45, 2.75) is 26.8 Å². The van der Waals surface area contributed by atoms with E-state index in [1.165, 1.54) is 7.11 Å². The van der Waals surface area contributed by atoms with Gasteiger partial charge in [0.15, 0.2) is 6.61 Å². The monoisotopic (exact) mass is 322 g/mol. The molecule has 23 heavy (non-hydrogen) atoms. The molecule has 0 aliphatic rings. The molecule has 0 bridgehead atoms. The van der Waals surface area contributed by atoms with Gasteiger partial charge in [0.25, 0.3) is 5.91 Å². The SMILES string of the molecule is CCNC(=O)[C@@H](C)NC(=O)COC(=O)c1ccc(C)c(OC)c1. The van der Waals surface area contributed by atoms with Gasteiger partial charge in [-0.15, -0.1) is 0 Å². The van der Waals surface area contributed by atoms with E-state index in [9.17, 15) is 14.4 Å². The van der Waals surface area contributed by atoms with E-state index < -0.39 is 24.5 Å². The number of benzene rings is 1. The van der Waals surface area contributed by atoms with Crippen LogP contribution in [0.2, 0.25) is 0 Å². The molecule has 1 atom stereocenters. The van der Waals surface area contributed by atoms with Crippen molar-refractivity contribution in [1.29, 1.82) is 0 Å². The lowest BCUT2D eigenvalue weighted by molar-refractivity contribution is -0.130. The summed E-state index contributed by atoms with van der Waals surface area (Å²) < 4.78 is 10.1. The highest BCUT2D eigenvalue weighted by Crippen LogP contribution is 2.19. The molecule has 0 unspecified atom stereocenters. The molecular weight excluding hydrogens is 300 g/mol. The van der Waals surface area contributed by atoms with Crippen molar-refractivity contribution in [3.05, 3.63) is 29.3 Å². The van der Waals surface area contributed by atoms with Gasteiger partial charge in [0, 0.05) is 6.54 Å². The van der Waals surface area contributed by atoms with Crippen molar-refractivity contribution in [2.75, 3.05) is 20.3 Å². The first-order chi connectivity index (χ1) is 10.9. The van der Waals surface area contributed by atoms with Gasteiger partial charge in [-0.25, -0.2) is 4.79 Å². The van der Waals surface area contributed by atoms with Gasteiger partial charge in [-0.2, -0.15) is 0 Å². The number of aryl methyl sites for hydroxylation is 1. The van der Waals surface area contributed by atoms with E-state index in [1.807, 2.05) is 6.92 Å². The quantitative estimate of drug-likeness (QED) is 0.724. The minimum atomic E-state index is -0.694. The summed E-state index contributed by atoms with van der Waals surface area (Å²) in [7, 11) is 1.51. The molecule has 0 aliphatic carbocycles. The van der Waals surface area contributed by atoms with Crippen molar-refractivity contribution in [1.82, 2.24) is 10.6 Å². The number of carbonyl (C=O) groups is 3. The summed E-state index contributed by atoms with van der Waals surface area (Å²) in [5, 5.41) is 5.03. The molecule has 1 aromatic rings. The Balaban J connectivity index is 2.52. The van der Waals surface area contributed by atoms with E-state index in [1.54, 1.807) is 32.0 Å². The smallest absolute Gasteiger partial charge is 0.338 e. The van der Waals surface area contributed by atoms with E-state index in [4.69, 9.17) is 9.47 Å². The molecule has 2 N–H and O–H groups in total. The number of esters is 1. The second kappa shape index (κ2) is 8.77. The molecule has 0 heterocycles. The maximum Gasteiger partial charge on any atom is 0.338 e. The summed E-state index contributed by atoms with van der Waals surface area (Å²) in [4.78, 5) is 35.1. The van der Waals surface area contributed by atoms with Crippen LogP contribution in [-0.2, 0) is 14.3 Å². The summed E-state index contributed by atoms with van der Waals surface area (Å²) in [5.41, 5.74) is 1.18. The Morgan fingerprint density at radius 1 is 1.26 bits per heavy atom. The third kappa shape index (κ3) is 5.61. The summed E-state index contributed by atoms with van der Waals surface area (Å²) in [6.07, 6.45) is 0. The van der Waals surface area contributed by atoms with Crippen LogP contribution in [0, 0.1) is 6.92 Å². The van der Waals surface area contributed by atoms with Crippen LogP contribution in [0.25, 0.3) is 0 Å². The van der Waals surface area contributed by atoms with Crippen molar-refractivity contribution < 1.29 is 23.9 Å². The largest absolute Gasteiger partial charge is 0.496 e. The second-order valence-corrected chi connectivity index (χ2v) is 4.94. The lowest BCUT2D eigenvalue weighted by Gasteiger charge is -2.13. The van der Waals surface area contributed by atoms with Crippen LogP contribution in [0.15, 0.2) is 18.2 Å². The Hall–Kier alpha value is -2.57. The average Bonchev–Trinajstić information content (AvgIpc) is 2.53.